The van der Waals surface area contributed by atoms with Gasteiger partial charge in [0.2, 0.25) is 0 Å². The van der Waals surface area contributed by atoms with Crippen molar-refractivity contribution in [1.29, 1.82) is 0 Å². The molecule has 1 amide bonds. The Bertz CT molecular complexity index is 985. The monoisotopic (exact) mass is 401 g/mol. The first-order valence-electron chi connectivity index (χ1n) is 8.68. The SMILES string of the molecule is O=C(Nc1c(F)cccc1N1CCCC1)c1csc(-c2cccc(Cl)c2)n1. The number of rotatable bonds is 4. The van der Waals surface area contributed by atoms with Gasteiger partial charge in [-0.25, -0.2) is 9.37 Å². The van der Waals surface area contributed by atoms with Crippen LogP contribution in [0.5, 0.6) is 0 Å². The molecule has 4 rings (SSSR count). The molecule has 0 radical (unpaired) electrons. The molecule has 0 unspecified atom stereocenters. The molecule has 0 bridgehead atoms. The summed E-state index contributed by atoms with van der Waals surface area (Å²) in [5.74, 6) is -0.872. The summed E-state index contributed by atoms with van der Waals surface area (Å²) in [4.78, 5) is 19.1. The van der Waals surface area contributed by atoms with Gasteiger partial charge in [-0.3, -0.25) is 4.79 Å². The first kappa shape index (κ1) is 17.9. The van der Waals surface area contributed by atoms with Crippen molar-refractivity contribution in [1.82, 2.24) is 4.98 Å². The molecule has 0 atom stereocenters. The molecule has 4 nitrogen and oxygen atoms in total. The summed E-state index contributed by atoms with van der Waals surface area (Å²) in [6.45, 7) is 1.73. The van der Waals surface area contributed by atoms with Crippen molar-refractivity contribution >= 4 is 40.2 Å². The van der Waals surface area contributed by atoms with Crippen LogP contribution in [0.4, 0.5) is 15.8 Å². The van der Waals surface area contributed by atoms with Crippen LogP contribution in [0.1, 0.15) is 23.3 Å². The predicted octanol–water partition coefficient (Wildman–Crippen LogP) is 5.46. The van der Waals surface area contributed by atoms with Crippen LogP contribution in [-0.4, -0.2) is 24.0 Å². The molecule has 1 N–H and O–H groups in total. The molecule has 1 aliphatic rings. The van der Waals surface area contributed by atoms with Crippen molar-refractivity contribution in [2.45, 2.75) is 12.8 Å². The van der Waals surface area contributed by atoms with Gasteiger partial charge in [-0.2, -0.15) is 0 Å². The highest BCUT2D eigenvalue weighted by Gasteiger charge is 2.21. The van der Waals surface area contributed by atoms with Gasteiger partial charge in [0.25, 0.3) is 5.91 Å². The second-order valence-electron chi connectivity index (χ2n) is 6.33. The maximum atomic E-state index is 14.4. The molecule has 0 aliphatic carbocycles. The first-order valence-corrected chi connectivity index (χ1v) is 9.94. The normalized spacial score (nSPS) is 13.8. The third-order valence-electron chi connectivity index (χ3n) is 4.49. The summed E-state index contributed by atoms with van der Waals surface area (Å²) < 4.78 is 14.4. The lowest BCUT2D eigenvalue weighted by molar-refractivity contribution is 0.102. The van der Waals surface area contributed by atoms with Crippen molar-refractivity contribution in [2.75, 3.05) is 23.3 Å². The molecule has 2 aromatic carbocycles. The number of hydrogen-bond acceptors (Lipinski definition) is 4. The lowest BCUT2D eigenvalue weighted by Gasteiger charge is -2.21. The lowest BCUT2D eigenvalue weighted by atomic mass is 10.2. The molecule has 3 aromatic rings. The number of halogens is 2. The van der Waals surface area contributed by atoms with Crippen molar-refractivity contribution in [3.63, 3.8) is 0 Å². The second-order valence-corrected chi connectivity index (χ2v) is 7.63. The average Bonchev–Trinajstić information content (AvgIpc) is 3.35. The summed E-state index contributed by atoms with van der Waals surface area (Å²) >= 11 is 7.37. The van der Waals surface area contributed by atoms with E-state index in [-0.39, 0.29) is 11.4 Å². The number of hydrogen-bond donors (Lipinski definition) is 1. The van der Waals surface area contributed by atoms with Gasteiger partial charge in [-0.05, 0) is 37.1 Å². The van der Waals surface area contributed by atoms with E-state index in [1.807, 2.05) is 18.2 Å². The van der Waals surface area contributed by atoms with Crippen LogP contribution in [-0.2, 0) is 0 Å². The lowest BCUT2D eigenvalue weighted by Crippen LogP contribution is -2.22. The molecule has 1 saturated heterocycles. The third-order valence-corrected chi connectivity index (χ3v) is 5.61. The van der Waals surface area contributed by atoms with E-state index in [2.05, 4.69) is 15.2 Å². The minimum atomic E-state index is -0.446. The van der Waals surface area contributed by atoms with E-state index < -0.39 is 11.7 Å². The van der Waals surface area contributed by atoms with Crippen LogP contribution in [0.25, 0.3) is 10.6 Å². The summed E-state index contributed by atoms with van der Waals surface area (Å²) in [7, 11) is 0. The van der Waals surface area contributed by atoms with E-state index in [4.69, 9.17) is 11.6 Å². The largest absolute Gasteiger partial charge is 0.370 e. The van der Waals surface area contributed by atoms with Crippen molar-refractivity contribution in [2.24, 2.45) is 0 Å². The van der Waals surface area contributed by atoms with Gasteiger partial charge in [0.1, 0.15) is 22.2 Å². The smallest absolute Gasteiger partial charge is 0.275 e. The maximum Gasteiger partial charge on any atom is 0.275 e. The van der Waals surface area contributed by atoms with Crippen LogP contribution in [0.3, 0.4) is 0 Å². The Morgan fingerprint density at radius 1 is 1.19 bits per heavy atom. The molecule has 1 aliphatic heterocycles. The average molecular weight is 402 g/mol. The number of amides is 1. The zero-order chi connectivity index (χ0) is 18.8. The molecule has 27 heavy (non-hydrogen) atoms. The number of carbonyl (C=O) groups is 1. The zero-order valence-electron chi connectivity index (χ0n) is 14.4. The van der Waals surface area contributed by atoms with Gasteiger partial charge in [-0.1, -0.05) is 29.8 Å². The van der Waals surface area contributed by atoms with Gasteiger partial charge < -0.3 is 10.2 Å². The fourth-order valence-corrected chi connectivity index (χ4v) is 4.16. The van der Waals surface area contributed by atoms with E-state index >= 15 is 0 Å². The van der Waals surface area contributed by atoms with Gasteiger partial charge in [0.15, 0.2) is 0 Å². The fourth-order valence-electron chi connectivity index (χ4n) is 3.17. The minimum Gasteiger partial charge on any atom is -0.370 e. The number of nitrogens with zero attached hydrogens (tertiary/aromatic N) is 2. The number of nitrogens with one attached hydrogen (secondary N) is 1. The standard InChI is InChI=1S/C20H17ClFN3OS/c21-14-6-3-5-13(11-14)20-23-16(12-27-20)19(26)24-18-15(22)7-4-8-17(18)25-9-1-2-10-25/h3-8,11-12H,1-2,9-10H2,(H,24,26). The van der Waals surface area contributed by atoms with Crippen molar-refractivity contribution < 1.29 is 9.18 Å². The summed E-state index contributed by atoms with van der Waals surface area (Å²) in [5, 5.41) is 5.68. The summed E-state index contributed by atoms with van der Waals surface area (Å²) in [5.41, 5.74) is 2.02. The molecule has 7 heteroatoms. The Labute approximate surface area is 165 Å². The van der Waals surface area contributed by atoms with Crippen LogP contribution >= 0.6 is 22.9 Å². The van der Waals surface area contributed by atoms with Crippen LogP contribution in [0.2, 0.25) is 5.02 Å². The molecule has 2 heterocycles. The zero-order valence-corrected chi connectivity index (χ0v) is 16.0. The Kier molecular flexibility index (Phi) is 5.09. The second kappa shape index (κ2) is 7.66. The van der Waals surface area contributed by atoms with Crippen LogP contribution < -0.4 is 10.2 Å². The molecule has 0 spiro atoms. The molecule has 0 saturated carbocycles. The summed E-state index contributed by atoms with van der Waals surface area (Å²) in [6.07, 6.45) is 2.14. The minimum absolute atomic E-state index is 0.210. The van der Waals surface area contributed by atoms with Gasteiger partial charge >= 0.3 is 0 Å². The number of anilines is 2. The van der Waals surface area contributed by atoms with E-state index in [1.165, 1.54) is 17.4 Å². The Balaban J connectivity index is 1.58. The van der Waals surface area contributed by atoms with Gasteiger partial charge in [0.05, 0.1) is 5.69 Å². The Morgan fingerprint density at radius 2 is 1.96 bits per heavy atom. The molecule has 1 aromatic heterocycles. The number of aromatic nitrogens is 1. The van der Waals surface area contributed by atoms with Gasteiger partial charge in [-0.15, -0.1) is 11.3 Å². The number of carbonyl (C=O) groups excluding carboxylic acids is 1. The number of para-hydroxylation sites is 1. The highest BCUT2D eigenvalue weighted by atomic mass is 35.5. The van der Waals surface area contributed by atoms with E-state index in [0.29, 0.717) is 15.7 Å². The molecular weight excluding hydrogens is 385 g/mol. The Hall–Kier alpha value is -2.44. The third kappa shape index (κ3) is 3.82. The Morgan fingerprint density at radius 3 is 2.74 bits per heavy atom. The highest BCUT2D eigenvalue weighted by Crippen LogP contribution is 2.32. The van der Waals surface area contributed by atoms with Crippen LogP contribution in [0.15, 0.2) is 47.8 Å². The van der Waals surface area contributed by atoms with Crippen molar-refractivity contribution in [3.8, 4) is 10.6 Å². The molecular formula is C20H17ClFN3OS. The maximum absolute atomic E-state index is 14.4. The van der Waals surface area contributed by atoms with Crippen molar-refractivity contribution in [3.05, 3.63) is 64.4 Å². The van der Waals surface area contributed by atoms with E-state index in [9.17, 15) is 9.18 Å². The highest BCUT2D eigenvalue weighted by molar-refractivity contribution is 7.13. The van der Waals surface area contributed by atoms with Gasteiger partial charge in [0, 0.05) is 29.1 Å². The van der Waals surface area contributed by atoms with Crippen LogP contribution in [0, 0.1) is 5.82 Å². The molecule has 138 valence electrons. The summed E-state index contributed by atoms with van der Waals surface area (Å²) in [6, 6.07) is 12.2. The topological polar surface area (TPSA) is 45.2 Å². The number of benzene rings is 2. The quantitative estimate of drug-likeness (QED) is 0.631. The van der Waals surface area contributed by atoms with E-state index in [0.717, 1.165) is 31.5 Å². The predicted molar refractivity (Wildman–Crippen MR) is 108 cm³/mol. The van der Waals surface area contributed by atoms with E-state index in [1.54, 1.807) is 23.6 Å². The number of thiazole rings is 1. The molecule has 1 fully saturated rings. The first-order chi connectivity index (χ1) is 13.1. The fraction of sp³-hybridized carbons (Fsp3) is 0.200.